The third-order valence-corrected chi connectivity index (χ3v) is 3.98. The van der Waals surface area contributed by atoms with Crippen molar-refractivity contribution >= 4 is 17.5 Å². The topological polar surface area (TPSA) is 77.1 Å². The Balaban J connectivity index is 2.19. The summed E-state index contributed by atoms with van der Waals surface area (Å²) in [6, 6.07) is 12.8. The lowest BCUT2D eigenvalue weighted by atomic mass is 10.2. The van der Waals surface area contributed by atoms with E-state index >= 15 is 0 Å². The normalized spacial score (nSPS) is 10.1. The van der Waals surface area contributed by atoms with Gasteiger partial charge in [-0.15, -0.1) is 0 Å². The van der Waals surface area contributed by atoms with Gasteiger partial charge in [0.05, 0.1) is 27.0 Å². The van der Waals surface area contributed by atoms with Gasteiger partial charge in [0.25, 0.3) is 0 Å². The number of rotatable bonds is 8. The summed E-state index contributed by atoms with van der Waals surface area (Å²) in [5, 5.41) is 2.81. The van der Waals surface area contributed by atoms with Crippen LogP contribution in [0.25, 0.3) is 0 Å². The minimum absolute atomic E-state index is 0.124. The number of anilines is 1. The summed E-state index contributed by atoms with van der Waals surface area (Å²) in [6.45, 7) is 1.66. The second-order valence-electron chi connectivity index (χ2n) is 5.75. The van der Waals surface area contributed by atoms with E-state index in [2.05, 4.69) is 5.32 Å². The molecule has 0 spiro atoms. The number of nitrogens with one attached hydrogen (secondary N) is 1. The van der Waals surface area contributed by atoms with Gasteiger partial charge in [-0.05, 0) is 5.56 Å². The van der Waals surface area contributed by atoms with Crippen LogP contribution in [0.1, 0.15) is 12.5 Å². The molecule has 0 aliphatic heterocycles. The zero-order valence-corrected chi connectivity index (χ0v) is 15.9. The Kier molecular flexibility index (Phi) is 7.05. The first-order chi connectivity index (χ1) is 13.0. The van der Waals surface area contributed by atoms with Crippen molar-refractivity contribution in [2.75, 3.05) is 32.8 Å². The molecule has 7 heteroatoms. The van der Waals surface area contributed by atoms with Crippen molar-refractivity contribution in [2.45, 2.75) is 13.5 Å². The van der Waals surface area contributed by atoms with Crippen LogP contribution >= 0.6 is 0 Å². The fourth-order valence-electron chi connectivity index (χ4n) is 2.60. The molecule has 0 radical (unpaired) electrons. The molecule has 0 saturated carbocycles. The Morgan fingerprint density at radius 1 is 0.963 bits per heavy atom. The fourth-order valence-corrected chi connectivity index (χ4v) is 2.60. The molecule has 0 bridgehead atoms. The third kappa shape index (κ3) is 5.13. The summed E-state index contributed by atoms with van der Waals surface area (Å²) in [4.78, 5) is 25.8. The molecule has 0 unspecified atom stereocenters. The quantitative estimate of drug-likeness (QED) is 0.770. The number of carbonyl (C=O) groups excluding carboxylic acids is 2. The first kappa shape index (κ1) is 20.1. The Labute approximate surface area is 158 Å². The molecule has 0 heterocycles. The molecule has 0 aliphatic rings. The molecular formula is C20H24N2O5. The Morgan fingerprint density at radius 2 is 1.56 bits per heavy atom. The molecular weight excluding hydrogens is 348 g/mol. The highest BCUT2D eigenvalue weighted by Gasteiger charge is 2.21. The van der Waals surface area contributed by atoms with Gasteiger partial charge in [-0.1, -0.05) is 30.3 Å². The number of carbonyl (C=O) groups is 2. The molecule has 144 valence electrons. The largest absolute Gasteiger partial charge is 0.493 e. The molecule has 0 aromatic heterocycles. The molecule has 0 atom stereocenters. The maximum atomic E-state index is 12.3. The maximum Gasteiger partial charge on any atom is 0.240 e. The predicted octanol–water partition coefficient (Wildman–Crippen LogP) is 2.38. The summed E-state index contributed by atoms with van der Waals surface area (Å²) < 4.78 is 15.9. The van der Waals surface area contributed by atoms with Gasteiger partial charge in [-0.25, -0.2) is 0 Å². The number of amides is 2. The van der Waals surface area contributed by atoms with Crippen molar-refractivity contribution in [1.29, 1.82) is 0 Å². The summed E-state index contributed by atoms with van der Waals surface area (Å²) >= 11 is 0. The van der Waals surface area contributed by atoms with Crippen LogP contribution < -0.4 is 24.4 Å². The van der Waals surface area contributed by atoms with Crippen molar-refractivity contribution in [3.8, 4) is 17.2 Å². The molecule has 2 aromatic rings. The molecule has 2 aromatic carbocycles. The van der Waals surface area contributed by atoms with Crippen molar-refractivity contribution in [3.63, 3.8) is 0 Å². The number of methoxy groups -OCH3 is 3. The summed E-state index contributed by atoms with van der Waals surface area (Å²) in [5.74, 6) is 0.674. The van der Waals surface area contributed by atoms with Gasteiger partial charge in [0.2, 0.25) is 17.6 Å². The van der Waals surface area contributed by atoms with Crippen LogP contribution in [-0.2, 0) is 16.1 Å². The number of nitrogens with zero attached hydrogens (tertiary/aromatic N) is 1. The van der Waals surface area contributed by atoms with E-state index in [4.69, 9.17) is 14.2 Å². The van der Waals surface area contributed by atoms with E-state index in [1.807, 2.05) is 30.3 Å². The molecule has 2 rings (SSSR count). The second-order valence-corrected chi connectivity index (χ2v) is 5.75. The zero-order valence-electron chi connectivity index (χ0n) is 15.9. The first-order valence-corrected chi connectivity index (χ1v) is 8.38. The highest BCUT2D eigenvalue weighted by molar-refractivity contribution is 5.98. The average molecular weight is 372 g/mol. The standard InChI is InChI=1S/C20H24N2O5/c1-14(23)22(13-19(24)21-12-15-8-6-5-7-9-15)16-10-17(25-2)20(27-4)18(11-16)26-3/h5-11H,12-13H2,1-4H3,(H,21,24). The molecule has 0 saturated heterocycles. The molecule has 1 N–H and O–H groups in total. The maximum absolute atomic E-state index is 12.3. The van der Waals surface area contributed by atoms with E-state index in [0.717, 1.165) is 5.56 Å². The van der Waals surface area contributed by atoms with E-state index in [-0.39, 0.29) is 18.4 Å². The summed E-state index contributed by atoms with van der Waals surface area (Å²) in [7, 11) is 4.48. The number of hydrogen-bond donors (Lipinski definition) is 1. The lowest BCUT2D eigenvalue weighted by Crippen LogP contribution is -2.39. The minimum Gasteiger partial charge on any atom is -0.493 e. The molecule has 7 nitrogen and oxygen atoms in total. The number of hydrogen-bond acceptors (Lipinski definition) is 5. The third-order valence-electron chi connectivity index (χ3n) is 3.98. The smallest absolute Gasteiger partial charge is 0.240 e. The van der Waals surface area contributed by atoms with Gasteiger partial charge in [-0.3, -0.25) is 9.59 Å². The van der Waals surface area contributed by atoms with E-state index < -0.39 is 0 Å². The summed E-state index contributed by atoms with van der Waals surface area (Å²) in [6.07, 6.45) is 0. The van der Waals surface area contributed by atoms with Crippen LogP contribution in [-0.4, -0.2) is 39.7 Å². The van der Waals surface area contributed by atoms with E-state index in [1.54, 1.807) is 12.1 Å². The van der Waals surface area contributed by atoms with E-state index in [9.17, 15) is 9.59 Å². The Bertz CT molecular complexity index is 767. The molecule has 0 fully saturated rings. The number of benzene rings is 2. The molecule has 2 amide bonds. The van der Waals surface area contributed by atoms with Gasteiger partial charge in [0.15, 0.2) is 11.5 Å². The van der Waals surface area contributed by atoms with Crippen LogP contribution in [0.4, 0.5) is 5.69 Å². The molecule has 27 heavy (non-hydrogen) atoms. The highest BCUT2D eigenvalue weighted by Crippen LogP contribution is 2.41. The van der Waals surface area contributed by atoms with Crippen molar-refractivity contribution < 1.29 is 23.8 Å². The average Bonchev–Trinajstić information content (AvgIpc) is 2.69. The van der Waals surface area contributed by atoms with Gasteiger partial charge >= 0.3 is 0 Å². The van der Waals surface area contributed by atoms with Gasteiger partial charge < -0.3 is 24.4 Å². The van der Waals surface area contributed by atoms with E-state index in [0.29, 0.717) is 29.5 Å². The van der Waals surface area contributed by atoms with Gasteiger partial charge in [0, 0.05) is 25.6 Å². The van der Waals surface area contributed by atoms with Crippen LogP contribution in [0.5, 0.6) is 17.2 Å². The van der Waals surface area contributed by atoms with Crippen molar-refractivity contribution in [3.05, 3.63) is 48.0 Å². The fraction of sp³-hybridized carbons (Fsp3) is 0.300. The SMILES string of the molecule is COc1cc(N(CC(=O)NCc2ccccc2)C(C)=O)cc(OC)c1OC. The van der Waals surface area contributed by atoms with Gasteiger partial charge in [0.1, 0.15) is 6.54 Å². The van der Waals surface area contributed by atoms with Crippen LogP contribution in [0, 0.1) is 0 Å². The minimum atomic E-state index is -0.279. The monoisotopic (exact) mass is 372 g/mol. The van der Waals surface area contributed by atoms with Crippen LogP contribution in [0.2, 0.25) is 0 Å². The lowest BCUT2D eigenvalue weighted by molar-refractivity contribution is -0.123. The highest BCUT2D eigenvalue weighted by atomic mass is 16.5. The second kappa shape index (κ2) is 9.47. The zero-order chi connectivity index (χ0) is 19.8. The first-order valence-electron chi connectivity index (χ1n) is 8.38. The van der Waals surface area contributed by atoms with E-state index in [1.165, 1.54) is 33.2 Å². The molecule has 0 aliphatic carbocycles. The summed E-state index contributed by atoms with van der Waals surface area (Å²) in [5.41, 5.74) is 1.46. The van der Waals surface area contributed by atoms with Gasteiger partial charge in [-0.2, -0.15) is 0 Å². The van der Waals surface area contributed by atoms with Crippen molar-refractivity contribution in [2.24, 2.45) is 0 Å². The van der Waals surface area contributed by atoms with Crippen LogP contribution in [0.15, 0.2) is 42.5 Å². The van der Waals surface area contributed by atoms with Crippen LogP contribution in [0.3, 0.4) is 0 Å². The Morgan fingerprint density at radius 3 is 2.04 bits per heavy atom. The lowest BCUT2D eigenvalue weighted by Gasteiger charge is -2.23. The number of ether oxygens (including phenoxy) is 3. The van der Waals surface area contributed by atoms with Crippen molar-refractivity contribution in [1.82, 2.24) is 5.32 Å². The Hall–Kier alpha value is -3.22. The predicted molar refractivity (Wildman–Crippen MR) is 102 cm³/mol.